The summed E-state index contributed by atoms with van der Waals surface area (Å²) in [4.78, 5) is 22.6. The van der Waals surface area contributed by atoms with Crippen molar-refractivity contribution in [2.75, 3.05) is 0 Å². The Bertz CT molecular complexity index is 425. The molecular weight excluding hydrogens is 262 g/mol. The Balaban J connectivity index is 3.24. The van der Waals surface area contributed by atoms with Gasteiger partial charge in [0.25, 0.3) is 5.56 Å². The number of rotatable bonds is 3. The van der Waals surface area contributed by atoms with E-state index in [0.717, 1.165) is 0 Å². The third-order valence-corrected chi connectivity index (χ3v) is 2.59. The first-order valence-corrected chi connectivity index (χ1v) is 5.33. The third kappa shape index (κ3) is 2.68. The highest BCUT2D eigenvalue weighted by Crippen LogP contribution is 2.16. The van der Waals surface area contributed by atoms with E-state index in [2.05, 4.69) is 15.9 Å². The molecule has 1 heterocycles. The molecule has 0 aliphatic rings. The number of carbonyl (C=O) groups is 1. The molecule has 0 aliphatic carbocycles. The summed E-state index contributed by atoms with van der Waals surface area (Å²) in [7, 11) is 0. The number of aromatic nitrogens is 1. The fourth-order valence-electron chi connectivity index (χ4n) is 1.42. The van der Waals surface area contributed by atoms with Gasteiger partial charge in [-0.15, -0.1) is 0 Å². The molecule has 0 spiro atoms. The van der Waals surface area contributed by atoms with Crippen molar-refractivity contribution in [3.05, 3.63) is 33.2 Å². The maximum atomic E-state index is 11.6. The van der Waals surface area contributed by atoms with Crippen LogP contribution in [0.1, 0.15) is 19.9 Å². The molecule has 5 heteroatoms. The first kappa shape index (κ1) is 12.0. The molecule has 82 valence electrons. The summed E-state index contributed by atoms with van der Waals surface area (Å²) in [6.45, 7) is 3.54. The lowest BCUT2D eigenvalue weighted by Gasteiger charge is -2.18. The first-order chi connectivity index (χ1) is 6.93. The fraction of sp³-hybridized carbons (Fsp3) is 0.400. The normalized spacial score (nSPS) is 12.8. The summed E-state index contributed by atoms with van der Waals surface area (Å²) in [6, 6.07) is 2.20. The van der Waals surface area contributed by atoms with Crippen LogP contribution in [0.3, 0.4) is 0 Å². The van der Waals surface area contributed by atoms with Gasteiger partial charge in [0.05, 0.1) is 0 Å². The molecule has 0 saturated carbocycles. The molecule has 0 aliphatic heterocycles. The molecule has 0 aromatic carbocycles. The molecule has 0 fully saturated rings. The highest BCUT2D eigenvalue weighted by Gasteiger charge is 2.23. The van der Waals surface area contributed by atoms with Crippen LogP contribution in [0.15, 0.2) is 27.6 Å². The number of hydrogen-bond acceptors (Lipinski definition) is 2. The van der Waals surface area contributed by atoms with Crippen molar-refractivity contribution in [1.29, 1.82) is 0 Å². The molecule has 4 nitrogen and oxygen atoms in total. The standard InChI is InChI=1S/C10H12BrNO3/c1-6(2)9(10(14)15)12-4-3-7(11)5-8(12)13/h3-6,9H,1-2H3,(H,14,15). The van der Waals surface area contributed by atoms with E-state index in [1.807, 2.05) is 0 Å². The van der Waals surface area contributed by atoms with Crippen LogP contribution in [-0.4, -0.2) is 15.6 Å². The second-order valence-corrected chi connectivity index (χ2v) is 4.53. The molecule has 0 radical (unpaired) electrons. The predicted molar refractivity (Wildman–Crippen MR) is 59.9 cm³/mol. The van der Waals surface area contributed by atoms with Crippen LogP contribution in [0.25, 0.3) is 0 Å². The van der Waals surface area contributed by atoms with Crippen LogP contribution in [0.2, 0.25) is 0 Å². The number of aliphatic carboxylic acids is 1. The van der Waals surface area contributed by atoms with E-state index in [1.165, 1.54) is 16.8 Å². The lowest BCUT2D eigenvalue weighted by molar-refractivity contribution is -0.142. The van der Waals surface area contributed by atoms with Crippen molar-refractivity contribution in [1.82, 2.24) is 4.57 Å². The molecule has 1 aromatic rings. The minimum atomic E-state index is -0.991. The van der Waals surface area contributed by atoms with Crippen LogP contribution in [0, 0.1) is 5.92 Å². The van der Waals surface area contributed by atoms with Gasteiger partial charge in [-0.1, -0.05) is 29.8 Å². The molecule has 15 heavy (non-hydrogen) atoms. The summed E-state index contributed by atoms with van der Waals surface area (Å²) >= 11 is 3.16. The minimum Gasteiger partial charge on any atom is -0.480 e. The van der Waals surface area contributed by atoms with E-state index in [4.69, 9.17) is 5.11 Å². The summed E-state index contributed by atoms with van der Waals surface area (Å²) in [5.74, 6) is -1.13. The lowest BCUT2D eigenvalue weighted by Crippen LogP contribution is -2.32. The largest absolute Gasteiger partial charge is 0.480 e. The number of pyridine rings is 1. The Morgan fingerprint density at radius 3 is 2.53 bits per heavy atom. The number of halogens is 1. The number of carboxylic acid groups (broad SMARTS) is 1. The topological polar surface area (TPSA) is 59.3 Å². The van der Waals surface area contributed by atoms with Crippen LogP contribution in [-0.2, 0) is 4.79 Å². The van der Waals surface area contributed by atoms with Crippen LogP contribution >= 0.6 is 15.9 Å². The Kier molecular flexibility index (Phi) is 3.68. The van der Waals surface area contributed by atoms with Gasteiger partial charge in [0, 0.05) is 16.7 Å². The van der Waals surface area contributed by atoms with Gasteiger partial charge < -0.3 is 9.67 Å². The van der Waals surface area contributed by atoms with E-state index < -0.39 is 12.0 Å². The average molecular weight is 274 g/mol. The van der Waals surface area contributed by atoms with Crippen LogP contribution in [0.5, 0.6) is 0 Å². The van der Waals surface area contributed by atoms with E-state index >= 15 is 0 Å². The van der Waals surface area contributed by atoms with Crippen molar-refractivity contribution < 1.29 is 9.90 Å². The molecule has 1 atom stereocenters. The van der Waals surface area contributed by atoms with Gasteiger partial charge in [-0.3, -0.25) is 4.79 Å². The zero-order chi connectivity index (χ0) is 11.6. The second kappa shape index (κ2) is 4.61. The monoisotopic (exact) mass is 273 g/mol. The Hall–Kier alpha value is -1.10. The zero-order valence-corrected chi connectivity index (χ0v) is 10.1. The van der Waals surface area contributed by atoms with Crippen molar-refractivity contribution in [2.24, 2.45) is 5.92 Å². The van der Waals surface area contributed by atoms with E-state index in [-0.39, 0.29) is 11.5 Å². The van der Waals surface area contributed by atoms with Gasteiger partial charge in [0.1, 0.15) is 6.04 Å². The molecular formula is C10H12BrNO3. The summed E-state index contributed by atoms with van der Waals surface area (Å²) in [5, 5.41) is 9.02. The van der Waals surface area contributed by atoms with Gasteiger partial charge >= 0.3 is 5.97 Å². The maximum Gasteiger partial charge on any atom is 0.327 e. The lowest BCUT2D eigenvalue weighted by atomic mass is 10.0. The SMILES string of the molecule is CC(C)C(C(=O)O)n1ccc(Br)cc1=O. The van der Waals surface area contributed by atoms with Crippen molar-refractivity contribution in [2.45, 2.75) is 19.9 Å². The maximum absolute atomic E-state index is 11.6. The average Bonchev–Trinajstić information content (AvgIpc) is 2.08. The fourth-order valence-corrected chi connectivity index (χ4v) is 1.73. The van der Waals surface area contributed by atoms with Crippen LogP contribution < -0.4 is 5.56 Å². The Morgan fingerprint density at radius 1 is 1.53 bits per heavy atom. The Labute approximate surface area is 95.7 Å². The third-order valence-electron chi connectivity index (χ3n) is 2.09. The van der Waals surface area contributed by atoms with Crippen molar-refractivity contribution in [3.8, 4) is 0 Å². The second-order valence-electron chi connectivity index (χ2n) is 3.62. The van der Waals surface area contributed by atoms with Crippen LogP contribution in [0.4, 0.5) is 0 Å². The quantitative estimate of drug-likeness (QED) is 0.915. The van der Waals surface area contributed by atoms with E-state index in [9.17, 15) is 9.59 Å². The van der Waals surface area contributed by atoms with E-state index in [0.29, 0.717) is 4.47 Å². The number of nitrogens with zero attached hydrogens (tertiary/aromatic N) is 1. The van der Waals surface area contributed by atoms with Gasteiger partial charge in [0.2, 0.25) is 0 Å². The smallest absolute Gasteiger partial charge is 0.327 e. The molecule has 0 saturated heterocycles. The zero-order valence-electron chi connectivity index (χ0n) is 8.48. The predicted octanol–water partition coefficient (Wildman–Crippen LogP) is 1.89. The number of hydrogen-bond donors (Lipinski definition) is 1. The molecule has 0 amide bonds. The van der Waals surface area contributed by atoms with Crippen molar-refractivity contribution in [3.63, 3.8) is 0 Å². The summed E-state index contributed by atoms with van der Waals surface area (Å²) < 4.78 is 1.88. The first-order valence-electron chi connectivity index (χ1n) is 4.54. The molecule has 1 rings (SSSR count). The molecule has 1 N–H and O–H groups in total. The number of carboxylic acids is 1. The van der Waals surface area contributed by atoms with Gasteiger partial charge in [-0.2, -0.15) is 0 Å². The summed E-state index contributed by atoms with van der Waals surface area (Å²) in [6.07, 6.45) is 1.49. The summed E-state index contributed by atoms with van der Waals surface area (Å²) in [5.41, 5.74) is -0.314. The molecule has 0 bridgehead atoms. The minimum absolute atomic E-state index is 0.138. The van der Waals surface area contributed by atoms with E-state index in [1.54, 1.807) is 19.9 Å². The van der Waals surface area contributed by atoms with Gasteiger partial charge in [0.15, 0.2) is 0 Å². The van der Waals surface area contributed by atoms with Gasteiger partial charge in [-0.05, 0) is 12.0 Å². The van der Waals surface area contributed by atoms with Crippen molar-refractivity contribution >= 4 is 21.9 Å². The Morgan fingerprint density at radius 2 is 2.13 bits per heavy atom. The van der Waals surface area contributed by atoms with Gasteiger partial charge in [-0.25, -0.2) is 4.79 Å². The molecule has 1 unspecified atom stereocenters. The molecule has 1 aromatic heterocycles. The highest BCUT2D eigenvalue weighted by molar-refractivity contribution is 9.10. The highest BCUT2D eigenvalue weighted by atomic mass is 79.9.